The molecule has 0 aliphatic heterocycles. The van der Waals surface area contributed by atoms with Gasteiger partial charge < -0.3 is 19.9 Å². The predicted octanol–water partition coefficient (Wildman–Crippen LogP) is 1.31. The Labute approximate surface area is 121 Å². The first-order chi connectivity index (χ1) is 9.44. The van der Waals surface area contributed by atoms with E-state index in [1.165, 1.54) is 0 Å². The molecule has 1 rings (SSSR count). The van der Waals surface area contributed by atoms with E-state index in [2.05, 4.69) is 10.4 Å². The van der Waals surface area contributed by atoms with Gasteiger partial charge in [-0.2, -0.15) is 5.10 Å². The molecule has 1 aromatic heterocycles. The zero-order valence-electron chi connectivity index (χ0n) is 13.1. The maximum absolute atomic E-state index is 10.8. The fraction of sp³-hybridized carbons (Fsp3) is 0.786. The van der Waals surface area contributed by atoms with Crippen molar-refractivity contribution in [3.05, 3.63) is 11.9 Å². The van der Waals surface area contributed by atoms with E-state index >= 15 is 0 Å². The molecule has 0 aliphatic carbocycles. The van der Waals surface area contributed by atoms with Crippen LogP contribution in [-0.2, 0) is 10.3 Å². The van der Waals surface area contributed by atoms with Crippen LogP contribution in [0.3, 0.4) is 0 Å². The van der Waals surface area contributed by atoms with Crippen molar-refractivity contribution in [1.82, 2.24) is 15.1 Å². The van der Waals surface area contributed by atoms with Gasteiger partial charge in [-0.05, 0) is 33.7 Å². The van der Waals surface area contributed by atoms with E-state index in [9.17, 15) is 5.11 Å². The van der Waals surface area contributed by atoms with E-state index in [4.69, 9.17) is 9.47 Å². The van der Waals surface area contributed by atoms with E-state index in [-0.39, 0.29) is 6.04 Å². The molecular formula is C14H27N3O3. The highest BCUT2D eigenvalue weighted by atomic mass is 16.5. The summed E-state index contributed by atoms with van der Waals surface area (Å²) in [5, 5.41) is 18.3. The van der Waals surface area contributed by atoms with Gasteiger partial charge in [-0.25, -0.2) is 0 Å². The number of nitrogens with zero attached hydrogens (tertiary/aromatic N) is 2. The van der Waals surface area contributed by atoms with Gasteiger partial charge in [0.05, 0.1) is 19.9 Å². The second-order valence-electron chi connectivity index (χ2n) is 5.37. The standard InChI is InChI=1S/C14H27N3O3/c1-11(2)17-13(12(20-5)10-16-17)14(3,18)6-7-15-8-9-19-4/h10-11,15,18H,6-9H2,1-5H3. The molecule has 116 valence electrons. The van der Waals surface area contributed by atoms with Gasteiger partial charge in [0.1, 0.15) is 11.3 Å². The number of methoxy groups -OCH3 is 2. The molecule has 1 aromatic rings. The van der Waals surface area contributed by atoms with E-state index in [0.717, 1.165) is 12.2 Å². The summed E-state index contributed by atoms with van der Waals surface area (Å²) in [6, 6.07) is 0.168. The maximum atomic E-state index is 10.8. The quantitative estimate of drug-likeness (QED) is 0.670. The van der Waals surface area contributed by atoms with Crippen LogP contribution in [0.5, 0.6) is 5.75 Å². The van der Waals surface area contributed by atoms with Crippen LogP contribution in [0.15, 0.2) is 6.20 Å². The molecular weight excluding hydrogens is 258 g/mol. The Balaban J connectivity index is 2.77. The summed E-state index contributed by atoms with van der Waals surface area (Å²) in [4.78, 5) is 0. The summed E-state index contributed by atoms with van der Waals surface area (Å²) >= 11 is 0. The Morgan fingerprint density at radius 1 is 1.40 bits per heavy atom. The average Bonchev–Trinajstić information content (AvgIpc) is 2.83. The lowest BCUT2D eigenvalue weighted by Gasteiger charge is -2.27. The lowest BCUT2D eigenvalue weighted by Crippen LogP contribution is -2.32. The molecule has 6 heteroatoms. The molecule has 0 bridgehead atoms. The molecule has 20 heavy (non-hydrogen) atoms. The lowest BCUT2D eigenvalue weighted by atomic mass is 9.97. The largest absolute Gasteiger partial charge is 0.493 e. The van der Waals surface area contributed by atoms with Crippen molar-refractivity contribution in [2.45, 2.75) is 38.8 Å². The SMILES string of the molecule is COCCNCCC(C)(O)c1c(OC)cnn1C(C)C. The smallest absolute Gasteiger partial charge is 0.162 e. The molecule has 0 saturated heterocycles. The molecule has 0 radical (unpaired) electrons. The van der Waals surface area contributed by atoms with Crippen LogP contribution in [0.2, 0.25) is 0 Å². The normalized spacial score (nSPS) is 14.6. The molecule has 0 saturated carbocycles. The Kier molecular flexibility index (Phi) is 6.45. The van der Waals surface area contributed by atoms with Gasteiger partial charge >= 0.3 is 0 Å². The summed E-state index contributed by atoms with van der Waals surface area (Å²) in [6.07, 6.45) is 2.23. The van der Waals surface area contributed by atoms with Crippen molar-refractivity contribution in [3.8, 4) is 5.75 Å². The van der Waals surface area contributed by atoms with Crippen molar-refractivity contribution in [3.63, 3.8) is 0 Å². The molecule has 1 unspecified atom stereocenters. The Bertz CT molecular complexity index is 402. The van der Waals surface area contributed by atoms with Gasteiger partial charge in [0.25, 0.3) is 0 Å². The van der Waals surface area contributed by atoms with Crippen molar-refractivity contribution in [2.24, 2.45) is 0 Å². The number of aromatic nitrogens is 2. The number of ether oxygens (including phenoxy) is 2. The molecule has 0 fully saturated rings. The molecule has 6 nitrogen and oxygen atoms in total. The minimum atomic E-state index is -0.994. The van der Waals surface area contributed by atoms with Gasteiger partial charge in [0.15, 0.2) is 5.75 Å². The Morgan fingerprint density at radius 3 is 2.65 bits per heavy atom. The summed E-state index contributed by atoms with van der Waals surface area (Å²) in [5.41, 5.74) is -0.268. The number of hydrogen-bond acceptors (Lipinski definition) is 5. The maximum Gasteiger partial charge on any atom is 0.162 e. The van der Waals surface area contributed by atoms with E-state index in [1.807, 2.05) is 18.5 Å². The van der Waals surface area contributed by atoms with Crippen LogP contribution in [-0.4, -0.2) is 48.8 Å². The number of aliphatic hydroxyl groups is 1. The molecule has 1 atom stereocenters. The highest BCUT2D eigenvalue weighted by molar-refractivity contribution is 5.30. The summed E-state index contributed by atoms with van der Waals surface area (Å²) in [7, 11) is 3.27. The molecule has 0 amide bonds. The van der Waals surface area contributed by atoms with E-state index in [0.29, 0.717) is 25.3 Å². The first-order valence-corrected chi connectivity index (χ1v) is 6.98. The Hall–Kier alpha value is -1.11. The first kappa shape index (κ1) is 16.9. The van der Waals surface area contributed by atoms with Crippen LogP contribution >= 0.6 is 0 Å². The second-order valence-corrected chi connectivity index (χ2v) is 5.37. The number of nitrogens with one attached hydrogen (secondary N) is 1. The number of rotatable bonds is 9. The fourth-order valence-electron chi connectivity index (χ4n) is 2.15. The Morgan fingerprint density at radius 2 is 2.10 bits per heavy atom. The van der Waals surface area contributed by atoms with Gasteiger partial charge in [0, 0.05) is 19.7 Å². The molecule has 1 heterocycles. The van der Waals surface area contributed by atoms with Crippen LogP contribution in [0.4, 0.5) is 0 Å². The molecule has 0 aromatic carbocycles. The monoisotopic (exact) mass is 285 g/mol. The van der Waals surface area contributed by atoms with Gasteiger partial charge in [0.2, 0.25) is 0 Å². The third-order valence-corrected chi connectivity index (χ3v) is 3.25. The highest BCUT2D eigenvalue weighted by Gasteiger charge is 2.32. The van der Waals surface area contributed by atoms with Crippen molar-refractivity contribution < 1.29 is 14.6 Å². The van der Waals surface area contributed by atoms with E-state index < -0.39 is 5.60 Å². The first-order valence-electron chi connectivity index (χ1n) is 6.98. The highest BCUT2D eigenvalue weighted by Crippen LogP contribution is 2.33. The van der Waals surface area contributed by atoms with Crippen molar-refractivity contribution in [2.75, 3.05) is 33.9 Å². The zero-order chi connectivity index (χ0) is 15.2. The topological polar surface area (TPSA) is 68.5 Å². The summed E-state index contributed by atoms with van der Waals surface area (Å²) in [6.45, 7) is 7.99. The summed E-state index contributed by atoms with van der Waals surface area (Å²) < 4.78 is 12.1. The van der Waals surface area contributed by atoms with Crippen LogP contribution in [0.25, 0.3) is 0 Å². The average molecular weight is 285 g/mol. The van der Waals surface area contributed by atoms with E-state index in [1.54, 1.807) is 27.3 Å². The van der Waals surface area contributed by atoms with Crippen molar-refractivity contribution >= 4 is 0 Å². The molecule has 0 spiro atoms. The third kappa shape index (κ3) is 4.19. The predicted molar refractivity (Wildman–Crippen MR) is 78.1 cm³/mol. The van der Waals surface area contributed by atoms with Gasteiger partial charge in [-0.3, -0.25) is 4.68 Å². The van der Waals surface area contributed by atoms with Crippen LogP contribution < -0.4 is 10.1 Å². The lowest BCUT2D eigenvalue weighted by molar-refractivity contribution is 0.0345. The second kappa shape index (κ2) is 7.61. The van der Waals surface area contributed by atoms with Gasteiger partial charge in [-0.1, -0.05) is 0 Å². The fourth-order valence-corrected chi connectivity index (χ4v) is 2.15. The van der Waals surface area contributed by atoms with Crippen LogP contribution in [0.1, 0.15) is 38.9 Å². The zero-order valence-corrected chi connectivity index (χ0v) is 13.1. The van der Waals surface area contributed by atoms with Gasteiger partial charge in [-0.15, -0.1) is 0 Å². The minimum absolute atomic E-state index is 0.168. The molecule has 2 N–H and O–H groups in total. The van der Waals surface area contributed by atoms with Crippen molar-refractivity contribution in [1.29, 1.82) is 0 Å². The molecule has 0 aliphatic rings. The third-order valence-electron chi connectivity index (χ3n) is 3.25. The number of hydrogen-bond donors (Lipinski definition) is 2. The van der Waals surface area contributed by atoms with Crippen LogP contribution in [0, 0.1) is 0 Å². The minimum Gasteiger partial charge on any atom is -0.493 e. The summed E-state index contributed by atoms with van der Waals surface area (Å²) in [5.74, 6) is 0.626.